The summed E-state index contributed by atoms with van der Waals surface area (Å²) in [6.07, 6.45) is 2.04. The lowest BCUT2D eigenvalue weighted by atomic mass is 10.1. The summed E-state index contributed by atoms with van der Waals surface area (Å²) < 4.78 is 0. The number of nitrogens with zero attached hydrogens (tertiary/aromatic N) is 2. The molecule has 3 heterocycles. The van der Waals surface area contributed by atoms with Crippen LogP contribution >= 0.6 is 11.3 Å². The first kappa shape index (κ1) is 20.0. The minimum absolute atomic E-state index is 0.0131. The van der Waals surface area contributed by atoms with Gasteiger partial charge in [-0.15, -0.1) is 0 Å². The van der Waals surface area contributed by atoms with E-state index in [1.807, 2.05) is 70.3 Å². The number of nitrogens with one attached hydrogen (secondary N) is 1. The minimum atomic E-state index is -0.0131. The summed E-state index contributed by atoms with van der Waals surface area (Å²) in [5, 5.41) is 6.91. The molecule has 1 N–H and O–H groups in total. The summed E-state index contributed by atoms with van der Waals surface area (Å²) in [6, 6.07) is 20.1. The molecule has 0 spiro atoms. The zero-order valence-electron chi connectivity index (χ0n) is 17.2. The van der Waals surface area contributed by atoms with E-state index in [0.717, 1.165) is 36.2 Å². The molecular weight excluding hydrogens is 406 g/mol. The number of amides is 2. The van der Waals surface area contributed by atoms with Gasteiger partial charge in [-0.3, -0.25) is 14.5 Å². The molecule has 6 heteroatoms. The summed E-state index contributed by atoms with van der Waals surface area (Å²) in [6.45, 7) is 2.08. The van der Waals surface area contributed by atoms with Crippen molar-refractivity contribution in [1.82, 2.24) is 10.2 Å². The zero-order chi connectivity index (χ0) is 21.2. The standard InChI is InChI=1S/C25H25N3O2S/c29-24(20-12-13-31-17-20)26-14-21-10-11-22-16-28(25(30)18-6-2-1-3-7-18)23-9-5-4-8-19(23)15-27(21)22/h1-9,12-13,17,21-22H,10-11,14-16H2,(H,26,29)/t21-,22+/m1/s1. The number of rotatable bonds is 4. The normalized spacial score (nSPS) is 20.6. The van der Waals surface area contributed by atoms with Crippen LogP contribution in [0.5, 0.6) is 0 Å². The van der Waals surface area contributed by atoms with Crippen molar-refractivity contribution in [3.05, 3.63) is 88.1 Å². The maximum atomic E-state index is 13.4. The van der Waals surface area contributed by atoms with Crippen molar-refractivity contribution in [3.63, 3.8) is 0 Å². The number of anilines is 1. The fourth-order valence-electron chi connectivity index (χ4n) is 4.74. The molecule has 0 aliphatic carbocycles. The molecule has 31 heavy (non-hydrogen) atoms. The van der Waals surface area contributed by atoms with E-state index in [9.17, 15) is 9.59 Å². The molecule has 5 rings (SSSR count). The number of carbonyl (C=O) groups is 2. The van der Waals surface area contributed by atoms with Gasteiger partial charge in [0.15, 0.2) is 0 Å². The lowest BCUT2D eigenvalue weighted by molar-refractivity contribution is 0.0934. The molecule has 0 saturated carbocycles. The van der Waals surface area contributed by atoms with Gasteiger partial charge in [0.1, 0.15) is 0 Å². The number of hydrogen-bond donors (Lipinski definition) is 1. The largest absolute Gasteiger partial charge is 0.350 e. The zero-order valence-corrected chi connectivity index (χ0v) is 18.1. The Morgan fingerprint density at radius 1 is 0.968 bits per heavy atom. The first-order valence-corrected chi connectivity index (χ1v) is 11.7. The van der Waals surface area contributed by atoms with Gasteiger partial charge in [0.05, 0.1) is 0 Å². The van der Waals surface area contributed by atoms with Crippen LogP contribution < -0.4 is 10.2 Å². The summed E-state index contributed by atoms with van der Waals surface area (Å²) >= 11 is 1.53. The highest BCUT2D eigenvalue weighted by atomic mass is 32.1. The summed E-state index contributed by atoms with van der Waals surface area (Å²) in [5.41, 5.74) is 3.58. The first-order chi connectivity index (χ1) is 15.2. The molecule has 1 saturated heterocycles. The summed E-state index contributed by atoms with van der Waals surface area (Å²) in [4.78, 5) is 30.2. The van der Waals surface area contributed by atoms with Gasteiger partial charge in [-0.1, -0.05) is 36.4 Å². The maximum Gasteiger partial charge on any atom is 0.258 e. The van der Waals surface area contributed by atoms with Gasteiger partial charge < -0.3 is 10.2 Å². The Kier molecular flexibility index (Phi) is 5.57. The van der Waals surface area contributed by atoms with Gasteiger partial charge in [-0.05, 0) is 48.1 Å². The lowest BCUT2D eigenvalue weighted by Crippen LogP contribution is -2.45. The average Bonchev–Trinajstić information content (AvgIpc) is 3.44. The fraction of sp³-hybridized carbons (Fsp3) is 0.280. The van der Waals surface area contributed by atoms with Crippen molar-refractivity contribution in [3.8, 4) is 0 Å². The Bertz CT molecular complexity index is 1070. The molecule has 1 aromatic heterocycles. The second kappa shape index (κ2) is 8.65. The van der Waals surface area contributed by atoms with E-state index in [1.54, 1.807) is 0 Å². The first-order valence-electron chi connectivity index (χ1n) is 10.7. The Labute approximate surface area is 186 Å². The molecule has 0 bridgehead atoms. The molecule has 2 atom stereocenters. The topological polar surface area (TPSA) is 52.7 Å². The highest BCUT2D eigenvalue weighted by Crippen LogP contribution is 2.35. The monoisotopic (exact) mass is 431 g/mol. The molecule has 2 aliphatic heterocycles. The van der Waals surface area contributed by atoms with Gasteiger partial charge in [-0.25, -0.2) is 0 Å². The van der Waals surface area contributed by atoms with Crippen molar-refractivity contribution >= 4 is 28.8 Å². The van der Waals surface area contributed by atoms with Crippen molar-refractivity contribution in [1.29, 1.82) is 0 Å². The van der Waals surface area contributed by atoms with Crippen LogP contribution in [-0.4, -0.2) is 41.9 Å². The van der Waals surface area contributed by atoms with Gasteiger partial charge >= 0.3 is 0 Å². The maximum absolute atomic E-state index is 13.4. The second-order valence-corrected chi connectivity index (χ2v) is 8.97. The molecule has 158 valence electrons. The molecule has 5 nitrogen and oxygen atoms in total. The lowest BCUT2D eigenvalue weighted by Gasteiger charge is -2.29. The van der Waals surface area contributed by atoms with E-state index in [0.29, 0.717) is 18.7 Å². The third-order valence-electron chi connectivity index (χ3n) is 6.35. The third kappa shape index (κ3) is 4.01. The molecule has 2 aliphatic rings. The molecule has 1 fully saturated rings. The van der Waals surface area contributed by atoms with Crippen molar-refractivity contribution < 1.29 is 9.59 Å². The Morgan fingerprint density at radius 3 is 2.58 bits per heavy atom. The Hall–Kier alpha value is -2.96. The van der Waals surface area contributed by atoms with Crippen LogP contribution in [0.1, 0.15) is 39.1 Å². The Balaban J connectivity index is 1.37. The smallest absolute Gasteiger partial charge is 0.258 e. The van der Waals surface area contributed by atoms with E-state index in [2.05, 4.69) is 16.3 Å². The fourth-order valence-corrected chi connectivity index (χ4v) is 5.37. The van der Waals surface area contributed by atoms with Crippen LogP contribution in [0, 0.1) is 0 Å². The molecule has 0 unspecified atom stereocenters. The number of benzene rings is 2. The van der Waals surface area contributed by atoms with Crippen molar-refractivity contribution in [2.24, 2.45) is 0 Å². The SMILES string of the molecule is O=C(NC[C@H]1CC[C@H]2CN(C(=O)c3ccccc3)c3ccccc3CN12)c1ccsc1. The molecule has 2 amide bonds. The summed E-state index contributed by atoms with van der Waals surface area (Å²) in [5.74, 6) is 0.0323. The quantitative estimate of drug-likeness (QED) is 0.675. The van der Waals surface area contributed by atoms with E-state index in [4.69, 9.17) is 0 Å². The molecule has 0 radical (unpaired) electrons. The predicted molar refractivity (Wildman–Crippen MR) is 124 cm³/mol. The molecule has 3 aromatic rings. The highest BCUT2D eigenvalue weighted by Gasteiger charge is 2.38. The van der Waals surface area contributed by atoms with Crippen molar-refractivity contribution in [2.45, 2.75) is 31.5 Å². The van der Waals surface area contributed by atoms with Gasteiger partial charge in [-0.2, -0.15) is 11.3 Å². The number of carbonyl (C=O) groups excluding carboxylic acids is 2. The van der Waals surface area contributed by atoms with E-state index < -0.39 is 0 Å². The summed E-state index contributed by atoms with van der Waals surface area (Å²) in [7, 11) is 0. The number of para-hydroxylation sites is 1. The number of hydrogen-bond acceptors (Lipinski definition) is 4. The second-order valence-electron chi connectivity index (χ2n) is 8.19. The van der Waals surface area contributed by atoms with Crippen molar-refractivity contribution in [2.75, 3.05) is 18.0 Å². The van der Waals surface area contributed by atoms with Crippen LogP contribution in [0.15, 0.2) is 71.4 Å². The molecule has 2 aromatic carbocycles. The van der Waals surface area contributed by atoms with E-state index >= 15 is 0 Å². The van der Waals surface area contributed by atoms with Crippen LogP contribution in [0.25, 0.3) is 0 Å². The number of thiophene rings is 1. The highest BCUT2D eigenvalue weighted by molar-refractivity contribution is 7.08. The number of fused-ring (bicyclic) bond motifs is 2. The van der Waals surface area contributed by atoms with Crippen LogP contribution in [0.3, 0.4) is 0 Å². The van der Waals surface area contributed by atoms with Gasteiger partial charge in [0.2, 0.25) is 0 Å². The van der Waals surface area contributed by atoms with Gasteiger partial charge in [0, 0.05) is 53.9 Å². The van der Waals surface area contributed by atoms with Crippen LogP contribution in [0.2, 0.25) is 0 Å². The van der Waals surface area contributed by atoms with Crippen LogP contribution in [0.4, 0.5) is 5.69 Å². The Morgan fingerprint density at radius 2 is 1.77 bits per heavy atom. The minimum Gasteiger partial charge on any atom is -0.350 e. The van der Waals surface area contributed by atoms with E-state index in [1.165, 1.54) is 11.3 Å². The van der Waals surface area contributed by atoms with E-state index in [-0.39, 0.29) is 23.9 Å². The average molecular weight is 432 g/mol. The van der Waals surface area contributed by atoms with Crippen LogP contribution in [-0.2, 0) is 6.54 Å². The predicted octanol–water partition coefficient (Wildman–Crippen LogP) is 4.17. The van der Waals surface area contributed by atoms with Gasteiger partial charge in [0.25, 0.3) is 11.8 Å². The molecular formula is C25H25N3O2S. The third-order valence-corrected chi connectivity index (χ3v) is 7.03.